The molecule has 1 aromatic carbocycles. The van der Waals surface area contributed by atoms with Crippen LogP contribution in [-0.2, 0) is 4.74 Å². The Kier molecular flexibility index (Phi) is 7.84. The fourth-order valence-electron chi connectivity index (χ4n) is 2.97. The van der Waals surface area contributed by atoms with Crippen molar-refractivity contribution < 1.29 is 22.0 Å². The van der Waals surface area contributed by atoms with E-state index < -0.39 is 0 Å². The van der Waals surface area contributed by atoms with Gasteiger partial charge in [-0.25, -0.2) is 0 Å². The van der Waals surface area contributed by atoms with Gasteiger partial charge < -0.3 is 22.0 Å². The minimum absolute atomic E-state index is 0. The van der Waals surface area contributed by atoms with Crippen molar-refractivity contribution in [3.63, 3.8) is 0 Å². The molecule has 3 heteroatoms. The highest BCUT2D eigenvalue weighted by Crippen LogP contribution is 2.31. The van der Waals surface area contributed by atoms with E-state index in [9.17, 15) is 0 Å². The van der Waals surface area contributed by atoms with Crippen LogP contribution in [0.3, 0.4) is 0 Å². The summed E-state index contributed by atoms with van der Waals surface area (Å²) in [7, 11) is 4.35. The van der Waals surface area contributed by atoms with E-state index in [4.69, 9.17) is 4.74 Å². The molecule has 0 amide bonds. The molecule has 0 bridgehead atoms. The van der Waals surface area contributed by atoms with E-state index in [0.29, 0.717) is 0 Å². The van der Waals surface area contributed by atoms with Crippen molar-refractivity contribution in [2.24, 2.45) is 0 Å². The first-order valence-electron chi connectivity index (χ1n) is 7.90. The molecule has 1 aliphatic rings. The van der Waals surface area contributed by atoms with E-state index in [1.165, 1.54) is 48.1 Å². The summed E-state index contributed by atoms with van der Waals surface area (Å²) in [5, 5.41) is 0. The number of quaternary nitrogens is 1. The Bertz CT molecular complexity index is 434. The van der Waals surface area contributed by atoms with Gasteiger partial charge in [-0.15, -0.1) is 0 Å². The normalized spacial score (nSPS) is 16.3. The van der Waals surface area contributed by atoms with E-state index >= 15 is 0 Å². The fraction of sp³-hybridized carbons (Fsp3) is 0.556. The quantitative estimate of drug-likeness (QED) is 0.751. The lowest BCUT2D eigenvalue weighted by Gasteiger charge is -2.24. The molecule has 1 aromatic rings. The Morgan fingerprint density at radius 1 is 1.10 bits per heavy atom. The first-order valence-corrected chi connectivity index (χ1v) is 7.90. The summed E-state index contributed by atoms with van der Waals surface area (Å²) < 4.78 is 6.35. The van der Waals surface area contributed by atoms with Gasteiger partial charge in [0.1, 0.15) is 18.4 Å². The Morgan fingerprint density at radius 3 is 2.29 bits per heavy atom. The third-order valence-electron chi connectivity index (χ3n) is 3.83. The fourth-order valence-corrected chi connectivity index (χ4v) is 2.97. The molecule has 0 spiro atoms. The molecule has 0 heterocycles. The van der Waals surface area contributed by atoms with E-state index in [1.54, 1.807) is 0 Å². The summed E-state index contributed by atoms with van der Waals surface area (Å²) in [6.07, 6.45) is 6.63. The molecule has 1 N–H and O–H groups in total. The van der Waals surface area contributed by atoms with Gasteiger partial charge in [0.15, 0.2) is 0 Å². The number of hydrogen-bond donors (Lipinski definition) is 1. The van der Waals surface area contributed by atoms with Gasteiger partial charge in [0.25, 0.3) is 0 Å². The molecule has 0 aromatic heterocycles. The van der Waals surface area contributed by atoms with Crippen molar-refractivity contribution in [2.45, 2.75) is 45.1 Å². The van der Waals surface area contributed by atoms with Crippen molar-refractivity contribution >= 4 is 5.76 Å². The predicted octanol–water partition coefficient (Wildman–Crippen LogP) is -0.0846. The highest BCUT2D eigenvalue weighted by molar-refractivity contribution is 5.63. The zero-order valence-corrected chi connectivity index (χ0v) is 14.2. The van der Waals surface area contributed by atoms with E-state index in [-0.39, 0.29) is 18.5 Å². The van der Waals surface area contributed by atoms with Gasteiger partial charge in [-0.05, 0) is 38.2 Å². The van der Waals surface area contributed by atoms with E-state index in [1.807, 2.05) is 0 Å². The molecule has 0 saturated heterocycles. The summed E-state index contributed by atoms with van der Waals surface area (Å²) >= 11 is 0. The first-order chi connectivity index (χ1) is 9.66. The minimum Gasteiger partial charge on any atom is -1.00 e. The number of benzene rings is 1. The van der Waals surface area contributed by atoms with Crippen LogP contribution in [0.4, 0.5) is 0 Å². The maximum atomic E-state index is 6.35. The highest BCUT2D eigenvalue weighted by atomic mass is 35.5. The number of hydrogen-bond acceptors (Lipinski definition) is 1. The maximum Gasteiger partial charge on any atom is 0.144 e. The lowest BCUT2D eigenvalue weighted by molar-refractivity contribution is -0.861. The lowest BCUT2D eigenvalue weighted by Crippen LogP contribution is -3.06. The Labute approximate surface area is 135 Å². The number of allylic oxidation sites excluding steroid dienone is 1. The Balaban J connectivity index is 0.00000220. The van der Waals surface area contributed by atoms with Crippen LogP contribution in [0.1, 0.15) is 44.6 Å². The summed E-state index contributed by atoms with van der Waals surface area (Å²) in [5.41, 5.74) is 2.76. The molecule has 1 unspecified atom stereocenters. The van der Waals surface area contributed by atoms with E-state index in [0.717, 1.165) is 12.3 Å². The maximum absolute atomic E-state index is 6.35. The average Bonchev–Trinajstić information content (AvgIpc) is 2.46. The first kappa shape index (κ1) is 18.1. The van der Waals surface area contributed by atoms with Crippen LogP contribution in [-0.4, -0.2) is 26.7 Å². The molecule has 1 atom stereocenters. The molecule has 21 heavy (non-hydrogen) atoms. The van der Waals surface area contributed by atoms with Crippen LogP contribution >= 0.6 is 0 Å². The lowest BCUT2D eigenvalue weighted by atomic mass is 9.92. The van der Waals surface area contributed by atoms with E-state index in [2.05, 4.69) is 51.4 Å². The monoisotopic (exact) mass is 309 g/mol. The van der Waals surface area contributed by atoms with Gasteiger partial charge >= 0.3 is 0 Å². The molecular weight excluding hydrogens is 282 g/mol. The Morgan fingerprint density at radius 2 is 1.71 bits per heavy atom. The number of nitrogens with one attached hydrogen (secondary N) is 1. The second-order valence-corrected chi connectivity index (χ2v) is 6.20. The SMILES string of the molecule is CC(C[NH+](C)C)OC(=C1CCCCC1)c1ccccc1.[Cl-]. The van der Waals surface area contributed by atoms with Crippen LogP contribution < -0.4 is 17.3 Å². The molecule has 0 radical (unpaired) electrons. The molecule has 1 fully saturated rings. The van der Waals surface area contributed by atoms with Crippen LogP contribution in [0.25, 0.3) is 5.76 Å². The third-order valence-corrected chi connectivity index (χ3v) is 3.83. The average molecular weight is 310 g/mol. The number of ether oxygens (including phenoxy) is 1. The van der Waals surface area contributed by atoms with Crippen molar-refractivity contribution in [3.05, 3.63) is 41.5 Å². The van der Waals surface area contributed by atoms with Crippen LogP contribution in [0.2, 0.25) is 0 Å². The molecule has 2 nitrogen and oxygen atoms in total. The number of rotatable bonds is 5. The topological polar surface area (TPSA) is 13.7 Å². The Hall–Kier alpha value is -0.990. The predicted molar refractivity (Wildman–Crippen MR) is 84.7 cm³/mol. The zero-order valence-electron chi connectivity index (χ0n) is 13.5. The summed E-state index contributed by atoms with van der Waals surface area (Å²) in [4.78, 5) is 1.43. The van der Waals surface area contributed by atoms with Gasteiger partial charge in [-0.2, -0.15) is 0 Å². The van der Waals surface area contributed by atoms with Crippen molar-refractivity contribution in [3.8, 4) is 0 Å². The van der Waals surface area contributed by atoms with Crippen molar-refractivity contribution in [1.29, 1.82) is 0 Å². The van der Waals surface area contributed by atoms with Gasteiger partial charge in [0.05, 0.1) is 14.1 Å². The van der Waals surface area contributed by atoms with Gasteiger partial charge in [-0.3, -0.25) is 0 Å². The molecule has 1 saturated carbocycles. The second kappa shape index (κ2) is 9.11. The standard InChI is InChI=1S/C18H27NO.ClH/c1-15(14-19(2)3)20-18(16-10-6-4-7-11-16)17-12-8-5-9-13-17;/h4,6-7,10-11,15H,5,8-9,12-14H2,1-3H3;1H. The van der Waals surface area contributed by atoms with Gasteiger partial charge in [0.2, 0.25) is 0 Å². The zero-order chi connectivity index (χ0) is 14.4. The number of halogens is 1. The highest BCUT2D eigenvalue weighted by Gasteiger charge is 2.17. The molecule has 0 aliphatic heterocycles. The summed E-state index contributed by atoms with van der Waals surface area (Å²) in [5.74, 6) is 1.15. The summed E-state index contributed by atoms with van der Waals surface area (Å²) in [6, 6.07) is 10.6. The van der Waals surface area contributed by atoms with Crippen molar-refractivity contribution in [2.75, 3.05) is 20.6 Å². The van der Waals surface area contributed by atoms with Crippen LogP contribution in [0.15, 0.2) is 35.9 Å². The third kappa shape index (κ3) is 5.72. The van der Waals surface area contributed by atoms with Crippen LogP contribution in [0.5, 0.6) is 0 Å². The molecular formula is C18H28ClNO. The largest absolute Gasteiger partial charge is 1.00 e. The number of likely N-dealkylation sites (N-methyl/N-ethyl adjacent to an activating group) is 1. The smallest absolute Gasteiger partial charge is 0.144 e. The van der Waals surface area contributed by atoms with Gasteiger partial charge in [0, 0.05) is 5.56 Å². The molecule has 1 aliphatic carbocycles. The van der Waals surface area contributed by atoms with Crippen LogP contribution in [0, 0.1) is 0 Å². The molecule has 118 valence electrons. The second-order valence-electron chi connectivity index (χ2n) is 6.20. The molecule has 2 rings (SSSR count). The van der Waals surface area contributed by atoms with Gasteiger partial charge in [-0.1, -0.05) is 36.8 Å². The van der Waals surface area contributed by atoms with Crippen molar-refractivity contribution in [1.82, 2.24) is 0 Å². The summed E-state index contributed by atoms with van der Waals surface area (Å²) in [6.45, 7) is 3.21. The minimum atomic E-state index is 0.